The molecule has 0 unspecified atom stereocenters. The number of alkyl halides is 3. The first-order valence-electron chi connectivity index (χ1n) is 8.76. The summed E-state index contributed by atoms with van der Waals surface area (Å²) in [5.41, 5.74) is 2.59. The number of nitrogens with zero attached hydrogens (tertiary/aromatic N) is 2. The van der Waals surface area contributed by atoms with Crippen molar-refractivity contribution in [2.75, 3.05) is 13.1 Å². The van der Waals surface area contributed by atoms with Crippen LogP contribution in [0.1, 0.15) is 28.0 Å². The average Bonchev–Trinajstić information content (AvgIpc) is 3.25. The number of carbonyl (C=O) groups excluding carboxylic acids is 1. The van der Waals surface area contributed by atoms with Gasteiger partial charge in [-0.2, -0.15) is 13.2 Å². The summed E-state index contributed by atoms with van der Waals surface area (Å²) in [6.07, 6.45) is -2.46. The maximum Gasteiger partial charge on any atom is 0.394 e. The van der Waals surface area contributed by atoms with Gasteiger partial charge in [0.05, 0.1) is 22.9 Å². The van der Waals surface area contributed by atoms with E-state index in [2.05, 4.69) is 4.98 Å². The molecular formula is C19H17F3N2O3. The number of rotatable bonds is 2. The first-order chi connectivity index (χ1) is 12.8. The number of pyridine rings is 1. The second-order valence-corrected chi connectivity index (χ2v) is 7.09. The van der Waals surface area contributed by atoms with Crippen molar-refractivity contribution in [2.24, 2.45) is 11.8 Å². The number of carboxylic acids is 1. The van der Waals surface area contributed by atoms with E-state index in [1.165, 1.54) is 0 Å². The molecule has 4 rings (SSSR count). The number of aromatic nitrogens is 1. The van der Waals surface area contributed by atoms with Gasteiger partial charge in [0.25, 0.3) is 5.91 Å². The maximum atomic E-state index is 13.3. The fourth-order valence-corrected chi connectivity index (χ4v) is 4.16. The first kappa shape index (κ1) is 17.8. The Balaban J connectivity index is 1.77. The number of carbonyl (C=O) groups is 2. The molecule has 0 radical (unpaired) electrons. The zero-order valence-corrected chi connectivity index (χ0v) is 14.3. The standard InChI is InChI=1S/C19H17F3N2O3/c20-19(21,22)13-9-24(8-12(13)18(26)27)17(25)16-10-4-1-2-6-14(10)23-15-7-3-5-11(15)16/h1-2,4,6,12-13H,3,5,7-9H2,(H,26,27)/t12-,13-/m1/s1. The number of amides is 1. The van der Waals surface area contributed by atoms with E-state index in [-0.39, 0.29) is 0 Å². The van der Waals surface area contributed by atoms with E-state index >= 15 is 0 Å². The number of halogens is 3. The summed E-state index contributed by atoms with van der Waals surface area (Å²) in [6, 6.07) is 7.05. The Morgan fingerprint density at radius 1 is 1.15 bits per heavy atom. The van der Waals surface area contributed by atoms with Crippen molar-refractivity contribution in [1.82, 2.24) is 9.88 Å². The second kappa shape index (κ2) is 6.21. The van der Waals surface area contributed by atoms with Gasteiger partial charge in [-0.15, -0.1) is 0 Å². The molecule has 1 saturated heterocycles. The van der Waals surface area contributed by atoms with E-state index < -0.39 is 43.0 Å². The summed E-state index contributed by atoms with van der Waals surface area (Å²) in [5, 5.41) is 9.80. The predicted molar refractivity (Wildman–Crippen MR) is 90.3 cm³/mol. The molecule has 2 aliphatic rings. The minimum absolute atomic E-state index is 0.375. The third-order valence-electron chi connectivity index (χ3n) is 5.48. The lowest BCUT2D eigenvalue weighted by atomic mass is 9.96. The molecular weight excluding hydrogens is 361 g/mol. The Morgan fingerprint density at radius 3 is 2.56 bits per heavy atom. The molecule has 27 heavy (non-hydrogen) atoms. The van der Waals surface area contributed by atoms with Gasteiger partial charge in [-0.1, -0.05) is 18.2 Å². The van der Waals surface area contributed by atoms with Crippen molar-refractivity contribution >= 4 is 22.8 Å². The lowest BCUT2D eigenvalue weighted by Gasteiger charge is -2.20. The molecule has 1 aliphatic heterocycles. The van der Waals surface area contributed by atoms with Gasteiger partial charge in [0, 0.05) is 24.2 Å². The van der Waals surface area contributed by atoms with Crippen molar-refractivity contribution in [3.05, 3.63) is 41.1 Å². The fourth-order valence-electron chi connectivity index (χ4n) is 4.16. The molecule has 1 fully saturated rings. The summed E-state index contributed by atoms with van der Waals surface area (Å²) in [6.45, 7) is -1.07. The smallest absolute Gasteiger partial charge is 0.394 e. The summed E-state index contributed by atoms with van der Waals surface area (Å²) >= 11 is 0. The molecule has 142 valence electrons. The molecule has 0 spiro atoms. The van der Waals surface area contributed by atoms with E-state index in [0.29, 0.717) is 22.9 Å². The van der Waals surface area contributed by atoms with Gasteiger partial charge in [0.15, 0.2) is 0 Å². The summed E-state index contributed by atoms with van der Waals surface area (Å²) < 4.78 is 39.8. The number of para-hydroxylation sites is 1. The molecule has 8 heteroatoms. The number of fused-ring (bicyclic) bond motifs is 2. The topological polar surface area (TPSA) is 70.5 Å². The molecule has 1 aromatic heterocycles. The highest BCUT2D eigenvalue weighted by atomic mass is 19.4. The highest BCUT2D eigenvalue weighted by molar-refractivity contribution is 6.08. The second-order valence-electron chi connectivity index (χ2n) is 7.09. The molecule has 1 N–H and O–H groups in total. The van der Waals surface area contributed by atoms with E-state index in [9.17, 15) is 27.9 Å². The lowest BCUT2D eigenvalue weighted by molar-refractivity contribution is -0.187. The van der Waals surface area contributed by atoms with E-state index in [4.69, 9.17) is 0 Å². The molecule has 5 nitrogen and oxygen atoms in total. The highest BCUT2D eigenvalue weighted by Gasteiger charge is 2.53. The third-order valence-corrected chi connectivity index (χ3v) is 5.48. The zero-order valence-electron chi connectivity index (χ0n) is 14.3. The van der Waals surface area contributed by atoms with Crippen LogP contribution in [0.15, 0.2) is 24.3 Å². The van der Waals surface area contributed by atoms with Gasteiger partial charge in [-0.05, 0) is 30.9 Å². The minimum atomic E-state index is -4.67. The SMILES string of the molecule is O=C(O)[C@@H]1CN(C(=O)c2c3c(nc4ccccc24)CCC3)C[C@H]1C(F)(F)F. The number of likely N-dealkylation sites (tertiary alicyclic amines) is 1. The molecule has 1 amide bonds. The normalized spacial score (nSPS) is 22.3. The minimum Gasteiger partial charge on any atom is -0.481 e. The van der Waals surface area contributed by atoms with Crippen LogP contribution in [0.2, 0.25) is 0 Å². The quantitative estimate of drug-likeness (QED) is 0.872. The number of carboxylic acid groups (broad SMARTS) is 1. The zero-order chi connectivity index (χ0) is 19.3. The van der Waals surface area contributed by atoms with Gasteiger partial charge >= 0.3 is 12.1 Å². The summed E-state index contributed by atoms with van der Waals surface area (Å²) in [5.74, 6) is -5.77. The van der Waals surface area contributed by atoms with E-state index in [1.54, 1.807) is 24.3 Å². The molecule has 0 bridgehead atoms. The number of benzene rings is 1. The van der Waals surface area contributed by atoms with Crippen LogP contribution < -0.4 is 0 Å². The van der Waals surface area contributed by atoms with E-state index in [1.807, 2.05) is 0 Å². The number of hydrogen-bond acceptors (Lipinski definition) is 3. The van der Waals surface area contributed by atoms with Gasteiger partial charge in [0.1, 0.15) is 0 Å². The molecule has 2 heterocycles. The van der Waals surface area contributed by atoms with Gasteiger partial charge in [-0.3, -0.25) is 14.6 Å². The molecule has 0 saturated carbocycles. The van der Waals surface area contributed by atoms with Crippen LogP contribution >= 0.6 is 0 Å². The van der Waals surface area contributed by atoms with Gasteiger partial charge < -0.3 is 10.0 Å². The van der Waals surface area contributed by atoms with Crippen LogP contribution in [0.3, 0.4) is 0 Å². The number of hydrogen-bond donors (Lipinski definition) is 1. The number of aliphatic carboxylic acids is 1. The molecule has 1 aromatic carbocycles. The van der Waals surface area contributed by atoms with Crippen LogP contribution in [0, 0.1) is 11.8 Å². The largest absolute Gasteiger partial charge is 0.481 e. The monoisotopic (exact) mass is 378 g/mol. The third kappa shape index (κ3) is 2.93. The van der Waals surface area contributed by atoms with E-state index in [0.717, 1.165) is 29.0 Å². The van der Waals surface area contributed by atoms with Crippen LogP contribution in [0.25, 0.3) is 10.9 Å². The van der Waals surface area contributed by atoms with Crippen molar-refractivity contribution in [1.29, 1.82) is 0 Å². The van der Waals surface area contributed by atoms with Gasteiger partial charge in [0.2, 0.25) is 0 Å². The lowest BCUT2D eigenvalue weighted by Crippen LogP contribution is -2.34. The van der Waals surface area contributed by atoms with Crippen LogP contribution in [0.4, 0.5) is 13.2 Å². The summed E-state index contributed by atoms with van der Waals surface area (Å²) in [4.78, 5) is 30.1. The van der Waals surface area contributed by atoms with Gasteiger partial charge in [-0.25, -0.2) is 0 Å². The fraction of sp³-hybridized carbons (Fsp3) is 0.421. The van der Waals surface area contributed by atoms with Crippen LogP contribution in [-0.4, -0.2) is 46.1 Å². The highest BCUT2D eigenvalue weighted by Crippen LogP contribution is 2.39. The van der Waals surface area contributed by atoms with Crippen LogP contribution in [-0.2, 0) is 17.6 Å². The molecule has 2 aromatic rings. The Hall–Kier alpha value is -2.64. The van der Waals surface area contributed by atoms with Crippen molar-refractivity contribution in [3.63, 3.8) is 0 Å². The maximum absolute atomic E-state index is 13.3. The summed E-state index contributed by atoms with van der Waals surface area (Å²) in [7, 11) is 0. The Labute approximate surface area is 152 Å². The number of aryl methyl sites for hydroxylation is 1. The molecule has 1 aliphatic carbocycles. The predicted octanol–water partition coefficient (Wildman–Crippen LogP) is 3.06. The van der Waals surface area contributed by atoms with Crippen molar-refractivity contribution < 1.29 is 27.9 Å². The van der Waals surface area contributed by atoms with Crippen molar-refractivity contribution in [2.45, 2.75) is 25.4 Å². The Kier molecular flexibility index (Phi) is 4.09. The van der Waals surface area contributed by atoms with Crippen molar-refractivity contribution in [3.8, 4) is 0 Å². The van der Waals surface area contributed by atoms with Crippen LogP contribution in [0.5, 0.6) is 0 Å². The average molecular weight is 378 g/mol. The first-order valence-corrected chi connectivity index (χ1v) is 8.76. The molecule has 2 atom stereocenters. The Bertz CT molecular complexity index is 942. The Morgan fingerprint density at radius 2 is 1.89 bits per heavy atom.